The van der Waals surface area contributed by atoms with Crippen LogP contribution in [0.25, 0.3) is 11.2 Å². The zero-order valence-corrected chi connectivity index (χ0v) is 21.6. The lowest BCUT2D eigenvalue weighted by Gasteiger charge is -2.02. The first kappa shape index (κ1) is 29.4. The van der Waals surface area contributed by atoms with Gasteiger partial charge in [0.1, 0.15) is 0 Å². The van der Waals surface area contributed by atoms with Crippen LogP contribution in [0, 0.1) is 0 Å². The molecule has 2 aromatic rings. The van der Waals surface area contributed by atoms with Gasteiger partial charge in [-0.15, -0.1) is 0 Å². The van der Waals surface area contributed by atoms with Gasteiger partial charge >= 0.3 is 11.7 Å². The van der Waals surface area contributed by atoms with Gasteiger partial charge < -0.3 is 9.67 Å². The number of fused-ring (bicyclic) bond motifs is 1. The second-order valence-electron chi connectivity index (χ2n) is 8.96. The van der Waals surface area contributed by atoms with E-state index >= 15 is 0 Å². The normalized spacial score (nSPS) is 11.2. The number of carbonyl (C=O) groups is 1. The molecule has 34 heavy (non-hydrogen) atoms. The largest absolute Gasteiger partial charge is 0.481 e. The number of hydrogen-bond acceptors (Lipinski definition) is 4. The molecule has 0 spiro atoms. The van der Waals surface area contributed by atoms with Crippen molar-refractivity contribution in [1.29, 1.82) is 0 Å². The molecule has 0 aromatic carbocycles. The third kappa shape index (κ3) is 10.5. The highest BCUT2D eigenvalue weighted by atomic mass is 16.4. The Morgan fingerprint density at radius 2 is 1.38 bits per heavy atom. The molecule has 0 saturated carbocycles. The summed E-state index contributed by atoms with van der Waals surface area (Å²) in [6.45, 7) is 2.26. The van der Waals surface area contributed by atoms with E-state index in [9.17, 15) is 14.4 Å². The number of carboxylic acids is 1. The molecule has 0 amide bonds. The number of rotatable bonds is 15. The van der Waals surface area contributed by atoms with E-state index in [1.165, 1.54) is 88.6 Å². The Balaban J connectivity index is 0.000000358. The number of aryl methyl sites for hydroxylation is 2. The molecule has 0 aliphatic carbocycles. The van der Waals surface area contributed by atoms with Crippen molar-refractivity contribution in [2.75, 3.05) is 0 Å². The Kier molecular flexibility index (Phi) is 14.6. The van der Waals surface area contributed by atoms with Crippen molar-refractivity contribution in [1.82, 2.24) is 18.7 Å². The molecule has 0 fully saturated rings. The van der Waals surface area contributed by atoms with E-state index in [2.05, 4.69) is 24.1 Å². The Hall–Kier alpha value is -2.64. The molecule has 192 valence electrons. The van der Waals surface area contributed by atoms with Crippen molar-refractivity contribution >= 4 is 17.1 Å². The summed E-state index contributed by atoms with van der Waals surface area (Å²) in [5, 5.41) is 8.51. The number of imidazole rings is 1. The van der Waals surface area contributed by atoms with Gasteiger partial charge in [0.05, 0.1) is 6.33 Å². The number of unbranched alkanes of at least 4 members (excludes halogenated alkanes) is 11. The first-order valence-corrected chi connectivity index (χ1v) is 12.7. The lowest BCUT2D eigenvalue weighted by atomic mass is 10.1. The lowest BCUT2D eigenvalue weighted by Crippen LogP contribution is -2.37. The summed E-state index contributed by atoms with van der Waals surface area (Å²) >= 11 is 0. The minimum atomic E-state index is -0.664. The van der Waals surface area contributed by atoms with E-state index < -0.39 is 5.97 Å². The predicted octanol–water partition coefficient (Wildman–Crippen LogP) is 5.08. The number of aliphatic carboxylic acids is 1. The Bertz CT molecular complexity index is 1000. The van der Waals surface area contributed by atoms with Crippen LogP contribution >= 0.6 is 0 Å². The summed E-state index contributed by atoms with van der Waals surface area (Å²) < 4.78 is 4.04. The molecular formula is C26H44N4O4. The van der Waals surface area contributed by atoms with Crippen molar-refractivity contribution in [2.24, 2.45) is 21.1 Å². The molecule has 0 aliphatic rings. The number of aromatic nitrogens is 4. The van der Waals surface area contributed by atoms with Crippen molar-refractivity contribution in [3.63, 3.8) is 0 Å². The summed E-state index contributed by atoms with van der Waals surface area (Å²) in [6, 6.07) is 0. The predicted molar refractivity (Wildman–Crippen MR) is 138 cm³/mol. The second-order valence-corrected chi connectivity index (χ2v) is 8.96. The highest BCUT2D eigenvalue weighted by molar-refractivity contribution is 5.69. The average Bonchev–Trinajstić information content (AvgIpc) is 3.20. The van der Waals surface area contributed by atoms with Gasteiger partial charge in [0.15, 0.2) is 11.2 Å². The van der Waals surface area contributed by atoms with Crippen LogP contribution in [0.5, 0.6) is 0 Å². The van der Waals surface area contributed by atoms with Crippen LogP contribution in [0.1, 0.15) is 96.8 Å². The molecule has 0 atom stereocenters. The van der Waals surface area contributed by atoms with Gasteiger partial charge in [-0.1, -0.05) is 70.4 Å². The third-order valence-electron chi connectivity index (χ3n) is 5.97. The summed E-state index contributed by atoms with van der Waals surface area (Å²) in [7, 11) is 4.77. The lowest BCUT2D eigenvalue weighted by molar-refractivity contribution is -0.137. The van der Waals surface area contributed by atoms with Gasteiger partial charge in [0.2, 0.25) is 0 Å². The van der Waals surface area contributed by atoms with Crippen LogP contribution < -0.4 is 11.2 Å². The molecule has 0 bridgehead atoms. The Morgan fingerprint density at radius 1 is 0.853 bits per heavy atom. The van der Waals surface area contributed by atoms with Crippen LogP contribution in [-0.2, 0) is 25.9 Å². The highest BCUT2D eigenvalue weighted by Gasteiger charge is 2.11. The fourth-order valence-corrected chi connectivity index (χ4v) is 3.82. The topological polar surface area (TPSA) is 99.1 Å². The molecule has 8 heteroatoms. The molecule has 2 rings (SSSR count). The highest BCUT2D eigenvalue weighted by Crippen LogP contribution is 2.10. The van der Waals surface area contributed by atoms with E-state index in [4.69, 9.17) is 5.11 Å². The molecule has 0 radical (unpaired) electrons. The number of nitrogens with zero attached hydrogens (tertiary/aromatic N) is 4. The van der Waals surface area contributed by atoms with Gasteiger partial charge in [-0.3, -0.25) is 18.7 Å². The number of hydrogen-bond donors (Lipinski definition) is 1. The third-order valence-corrected chi connectivity index (χ3v) is 5.97. The van der Waals surface area contributed by atoms with Gasteiger partial charge in [0, 0.05) is 27.6 Å². The minimum absolute atomic E-state index is 0.317. The van der Waals surface area contributed by atoms with Crippen LogP contribution in [0.4, 0.5) is 0 Å². The number of allylic oxidation sites excluding steroid dienone is 2. The maximum atomic E-state index is 11.7. The summed E-state index contributed by atoms with van der Waals surface area (Å²) in [6.07, 6.45) is 22.8. The second kappa shape index (κ2) is 16.9. The quantitative estimate of drug-likeness (QED) is 0.285. The monoisotopic (exact) mass is 476 g/mol. The zero-order chi connectivity index (χ0) is 25.3. The van der Waals surface area contributed by atoms with Gasteiger partial charge in [-0.05, 0) is 32.1 Å². The SMILES string of the molecule is CCCCCCCC/C=C\CCCCCCCC(=O)O.Cn1c(=O)c2c(ncn2C)n(C)c1=O. The fourth-order valence-electron chi connectivity index (χ4n) is 3.82. The van der Waals surface area contributed by atoms with Crippen LogP contribution in [0.15, 0.2) is 28.1 Å². The molecule has 8 nitrogen and oxygen atoms in total. The Labute approximate surface area is 203 Å². The molecule has 2 aromatic heterocycles. The summed E-state index contributed by atoms with van der Waals surface area (Å²) in [4.78, 5) is 37.5. The minimum Gasteiger partial charge on any atom is -0.481 e. The first-order valence-electron chi connectivity index (χ1n) is 12.7. The smallest absolute Gasteiger partial charge is 0.332 e. The molecule has 0 unspecified atom stereocenters. The number of carboxylic acid groups (broad SMARTS) is 1. The van der Waals surface area contributed by atoms with Gasteiger partial charge in [-0.25, -0.2) is 9.78 Å². The van der Waals surface area contributed by atoms with E-state index in [1.54, 1.807) is 18.7 Å². The molecule has 0 saturated heterocycles. The van der Waals surface area contributed by atoms with E-state index in [0.717, 1.165) is 17.4 Å². The van der Waals surface area contributed by atoms with Gasteiger partial charge in [0.25, 0.3) is 5.56 Å². The maximum absolute atomic E-state index is 11.7. The molecule has 2 heterocycles. The zero-order valence-electron chi connectivity index (χ0n) is 21.6. The molecule has 1 N–H and O–H groups in total. The standard InChI is InChI=1S/C18H34O2.C8H10N4O2/c1-2-3-4-5-6-7-8-9-10-11-12-13-14-15-16-17-18(19)20;1-10-4-9-6-5(10)7(13)12(3)8(14)11(6)2/h9-10H,2-8,11-17H2,1H3,(H,19,20);4H,1-3H3/b10-9-;. The summed E-state index contributed by atoms with van der Waals surface area (Å²) in [5.41, 5.74) is 0.180. The molecule has 0 aliphatic heterocycles. The summed E-state index contributed by atoms with van der Waals surface area (Å²) in [5.74, 6) is -0.664. The molecular weight excluding hydrogens is 432 g/mol. The maximum Gasteiger partial charge on any atom is 0.332 e. The van der Waals surface area contributed by atoms with E-state index in [-0.39, 0.29) is 11.2 Å². The fraction of sp³-hybridized carbons (Fsp3) is 0.692. The van der Waals surface area contributed by atoms with Crippen LogP contribution in [0.2, 0.25) is 0 Å². The first-order chi connectivity index (χ1) is 16.3. The van der Waals surface area contributed by atoms with Crippen molar-refractivity contribution in [3.8, 4) is 0 Å². The van der Waals surface area contributed by atoms with Crippen molar-refractivity contribution in [3.05, 3.63) is 39.3 Å². The van der Waals surface area contributed by atoms with E-state index in [1.807, 2.05) is 0 Å². The van der Waals surface area contributed by atoms with Crippen molar-refractivity contribution < 1.29 is 9.90 Å². The van der Waals surface area contributed by atoms with Crippen LogP contribution in [0.3, 0.4) is 0 Å². The van der Waals surface area contributed by atoms with Crippen LogP contribution in [-0.4, -0.2) is 29.8 Å². The average molecular weight is 477 g/mol. The van der Waals surface area contributed by atoms with Gasteiger partial charge in [-0.2, -0.15) is 0 Å². The van der Waals surface area contributed by atoms with E-state index in [0.29, 0.717) is 17.6 Å². The Morgan fingerprint density at radius 3 is 1.94 bits per heavy atom. The van der Waals surface area contributed by atoms with Crippen molar-refractivity contribution in [2.45, 2.75) is 96.8 Å².